The summed E-state index contributed by atoms with van der Waals surface area (Å²) in [5, 5.41) is 18.3. The van der Waals surface area contributed by atoms with Crippen LogP contribution in [-0.2, 0) is 5.54 Å². The number of rotatable bonds is 6. The quantitative estimate of drug-likeness (QED) is 0.392. The summed E-state index contributed by atoms with van der Waals surface area (Å²) in [5.74, 6) is 0.887. The Bertz CT molecular complexity index is 1100. The molecule has 0 saturated heterocycles. The molecule has 0 amide bonds. The zero-order valence-electron chi connectivity index (χ0n) is 19.4. The third-order valence-electron chi connectivity index (χ3n) is 6.36. The van der Waals surface area contributed by atoms with E-state index in [1.54, 1.807) is 6.07 Å². The van der Waals surface area contributed by atoms with Crippen LogP contribution in [0.5, 0.6) is 0 Å². The van der Waals surface area contributed by atoms with E-state index in [1.165, 1.54) is 6.42 Å². The Morgan fingerprint density at radius 3 is 2.42 bits per heavy atom. The van der Waals surface area contributed by atoms with E-state index in [1.807, 2.05) is 29.0 Å². The van der Waals surface area contributed by atoms with E-state index in [2.05, 4.69) is 72.0 Å². The van der Waals surface area contributed by atoms with Crippen molar-refractivity contribution in [2.45, 2.75) is 64.5 Å². The molecule has 2 aromatic carbocycles. The van der Waals surface area contributed by atoms with Gasteiger partial charge in [-0.2, -0.15) is 0 Å². The van der Waals surface area contributed by atoms with Crippen molar-refractivity contribution in [1.82, 2.24) is 20.2 Å². The molecule has 1 heterocycles. The largest absolute Gasteiger partial charge is 0.373 e. The van der Waals surface area contributed by atoms with Crippen LogP contribution in [0.1, 0.15) is 70.3 Å². The van der Waals surface area contributed by atoms with E-state index in [0.717, 1.165) is 42.8 Å². The Morgan fingerprint density at radius 2 is 1.76 bits per heavy atom. The summed E-state index contributed by atoms with van der Waals surface area (Å²) in [6, 6.07) is 15.8. The minimum absolute atomic E-state index is 0.0642. The van der Waals surface area contributed by atoms with Crippen molar-refractivity contribution in [1.29, 1.82) is 0 Å². The fraction of sp³-hybridized carbons (Fsp3) is 0.423. The molecule has 33 heavy (non-hydrogen) atoms. The molecule has 1 aliphatic carbocycles. The molecule has 0 spiro atoms. The number of allylic oxidation sites excluding steroid dienone is 1. The Hall–Kier alpha value is -2.37. The van der Waals surface area contributed by atoms with Crippen LogP contribution in [0.25, 0.3) is 6.08 Å². The summed E-state index contributed by atoms with van der Waals surface area (Å²) in [6.45, 7) is 6.61. The maximum absolute atomic E-state index is 6.42. The van der Waals surface area contributed by atoms with Gasteiger partial charge in [0.05, 0.1) is 11.6 Å². The SMILES string of the molecule is CC(C)(C)[C@@H](/C=C/c1ccc(Cl)cc1Cl)n1nnnc1C1(Nc2ccccc2)CCCCC1. The number of para-hydroxylation sites is 1. The highest BCUT2D eigenvalue weighted by molar-refractivity contribution is 6.35. The van der Waals surface area contributed by atoms with Crippen molar-refractivity contribution < 1.29 is 0 Å². The summed E-state index contributed by atoms with van der Waals surface area (Å²) >= 11 is 12.5. The molecule has 1 atom stereocenters. The normalized spacial score (nSPS) is 17.2. The van der Waals surface area contributed by atoms with Crippen LogP contribution < -0.4 is 5.32 Å². The molecule has 1 N–H and O–H groups in total. The predicted molar refractivity (Wildman–Crippen MR) is 137 cm³/mol. The highest BCUT2D eigenvalue weighted by Gasteiger charge is 2.41. The first-order valence-electron chi connectivity index (χ1n) is 11.5. The van der Waals surface area contributed by atoms with Gasteiger partial charge in [0.15, 0.2) is 5.82 Å². The monoisotopic (exact) mass is 483 g/mol. The van der Waals surface area contributed by atoms with Gasteiger partial charge in [0, 0.05) is 15.7 Å². The van der Waals surface area contributed by atoms with Crippen LogP contribution >= 0.6 is 23.2 Å². The van der Waals surface area contributed by atoms with E-state index < -0.39 is 0 Å². The number of nitrogens with zero attached hydrogens (tertiary/aromatic N) is 4. The molecule has 174 valence electrons. The molecule has 3 aromatic rings. The van der Waals surface area contributed by atoms with Gasteiger partial charge in [0.25, 0.3) is 0 Å². The molecule has 4 rings (SSSR count). The number of halogens is 2. The van der Waals surface area contributed by atoms with Gasteiger partial charge >= 0.3 is 0 Å². The van der Waals surface area contributed by atoms with Crippen molar-refractivity contribution in [3.63, 3.8) is 0 Å². The van der Waals surface area contributed by atoms with Gasteiger partial charge in [0.1, 0.15) is 0 Å². The average Bonchev–Trinajstić information content (AvgIpc) is 3.26. The Balaban J connectivity index is 1.74. The van der Waals surface area contributed by atoms with E-state index in [-0.39, 0.29) is 17.0 Å². The van der Waals surface area contributed by atoms with E-state index in [9.17, 15) is 0 Å². The molecule has 0 aliphatic heterocycles. The predicted octanol–water partition coefficient (Wildman–Crippen LogP) is 7.55. The first-order valence-corrected chi connectivity index (χ1v) is 12.3. The highest BCUT2D eigenvalue weighted by Crippen LogP contribution is 2.42. The van der Waals surface area contributed by atoms with Gasteiger partial charge < -0.3 is 5.32 Å². The zero-order valence-corrected chi connectivity index (χ0v) is 20.9. The van der Waals surface area contributed by atoms with Gasteiger partial charge in [0.2, 0.25) is 0 Å². The van der Waals surface area contributed by atoms with Gasteiger partial charge in [-0.25, -0.2) is 4.68 Å². The standard InChI is InChI=1S/C26H31Cl2N5/c1-25(2,3)23(15-13-19-12-14-20(27)18-22(19)28)33-24(30-31-32-33)26(16-8-5-9-17-26)29-21-10-6-4-7-11-21/h4,6-7,10-15,18,23,29H,5,8-9,16-17H2,1-3H3/b15-13+/t23-/m1/s1. The molecule has 0 radical (unpaired) electrons. The summed E-state index contributed by atoms with van der Waals surface area (Å²) in [4.78, 5) is 0. The molecular weight excluding hydrogens is 453 g/mol. The zero-order chi connectivity index (χ0) is 23.5. The van der Waals surface area contributed by atoms with E-state index >= 15 is 0 Å². The van der Waals surface area contributed by atoms with Crippen LogP contribution in [-0.4, -0.2) is 20.2 Å². The molecule has 5 nitrogen and oxygen atoms in total. The van der Waals surface area contributed by atoms with Crippen molar-refractivity contribution in [3.05, 3.63) is 76.0 Å². The third kappa shape index (κ3) is 5.42. The van der Waals surface area contributed by atoms with Crippen molar-refractivity contribution in [2.75, 3.05) is 5.32 Å². The number of aromatic nitrogens is 4. The Labute approximate surface area is 206 Å². The smallest absolute Gasteiger partial charge is 0.177 e. The van der Waals surface area contributed by atoms with Gasteiger partial charge in [-0.1, -0.05) is 99.7 Å². The second-order valence-corrected chi connectivity index (χ2v) is 10.8. The first kappa shape index (κ1) is 23.8. The number of nitrogens with one attached hydrogen (secondary N) is 1. The van der Waals surface area contributed by atoms with Crippen molar-refractivity contribution in [2.24, 2.45) is 5.41 Å². The fourth-order valence-electron chi connectivity index (χ4n) is 4.62. The lowest BCUT2D eigenvalue weighted by atomic mass is 9.79. The molecule has 0 unspecified atom stereocenters. The number of tetrazole rings is 1. The second kappa shape index (κ2) is 9.86. The summed E-state index contributed by atoms with van der Waals surface area (Å²) in [6.07, 6.45) is 9.69. The number of benzene rings is 2. The van der Waals surface area contributed by atoms with Gasteiger partial charge in [-0.3, -0.25) is 0 Å². The lowest BCUT2D eigenvalue weighted by Gasteiger charge is -2.39. The summed E-state index contributed by atoms with van der Waals surface area (Å²) in [7, 11) is 0. The molecule has 1 aliphatic rings. The number of hydrogen-bond acceptors (Lipinski definition) is 4. The summed E-state index contributed by atoms with van der Waals surface area (Å²) in [5.41, 5.74) is 1.57. The lowest BCUT2D eigenvalue weighted by Crippen LogP contribution is -2.42. The molecule has 1 saturated carbocycles. The maximum atomic E-state index is 6.42. The number of anilines is 1. The second-order valence-electron chi connectivity index (χ2n) is 9.92. The number of hydrogen-bond donors (Lipinski definition) is 1. The Morgan fingerprint density at radius 1 is 1.03 bits per heavy atom. The van der Waals surface area contributed by atoms with E-state index in [0.29, 0.717) is 10.0 Å². The lowest BCUT2D eigenvalue weighted by molar-refractivity contribution is 0.237. The molecule has 7 heteroatoms. The topological polar surface area (TPSA) is 55.6 Å². The molecular formula is C26H31Cl2N5. The van der Waals surface area contributed by atoms with E-state index in [4.69, 9.17) is 23.2 Å². The summed E-state index contributed by atoms with van der Waals surface area (Å²) < 4.78 is 2.00. The minimum Gasteiger partial charge on any atom is -0.373 e. The van der Waals surface area contributed by atoms with Gasteiger partial charge in [-0.15, -0.1) is 5.10 Å². The molecule has 1 aromatic heterocycles. The highest BCUT2D eigenvalue weighted by atomic mass is 35.5. The van der Waals surface area contributed by atoms with Crippen LogP contribution in [0.15, 0.2) is 54.6 Å². The Kier molecular flexibility index (Phi) is 7.10. The van der Waals surface area contributed by atoms with Crippen molar-refractivity contribution in [3.8, 4) is 0 Å². The van der Waals surface area contributed by atoms with Crippen LogP contribution in [0, 0.1) is 5.41 Å². The molecule has 1 fully saturated rings. The van der Waals surface area contributed by atoms with Gasteiger partial charge in [-0.05, 0) is 58.5 Å². The molecule has 0 bridgehead atoms. The fourth-order valence-corrected chi connectivity index (χ4v) is 5.09. The van der Waals surface area contributed by atoms with Crippen molar-refractivity contribution >= 4 is 35.0 Å². The third-order valence-corrected chi connectivity index (χ3v) is 6.92. The van der Waals surface area contributed by atoms with Crippen LogP contribution in [0.3, 0.4) is 0 Å². The average molecular weight is 484 g/mol. The first-order chi connectivity index (χ1) is 15.8. The maximum Gasteiger partial charge on any atom is 0.177 e. The van der Waals surface area contributed by atoms with Crippen LogP contribution in [0.2, 0.25) is 10.0 Å². The minimum atomic E-state index is -0.307. The van der Waals surface area contributed by atoms with Crippen LogP contribution in [0.4, 0.5) is 5.69 Å².